The Morgan fingerprint density at radius 3 is 2.45 bits per heavy atom. The number of halogens is 1. The first-order chi connectivity index (χ1) is 9.08. The van der Waals surface area contributed by atoms with Gasteiger partial charge in [0.15, 0.2) is 6.54 Å². The molecular weight excluding hydrogens is 341 g/mol. The summed E-state index contributed by atoms with van der Waals surface area (Å²) in [5, 5.41) is 3.74. The molecule has 0 heterocycles. The van der Waals surface area contributed by atoms with Crippen molar-refractivity contribution in [3.63, 3.8) is 0 Å². The summed E-state index contributed by atoms with van der Waals surface area (Å²) in [6.45, 7) is 0.266. The molecule has 1 radical (unpaired) electrons. The number of rotatable bonds is 5. The van der Waals surface area contributed by atoms with Crippen LogP contribution in [0.3, 0.4) is 0 Å². The first-order valence-electron chi connectivity index (χ1n) is 5.78. The fourth-order valence-corrected chi connectivity index (χ4v) is 1.94. The van der Waals surface area contributed by atoms with E-state index in [1.807, 2.05) is 21.1 Å². The normalized spacial score (nSPS) is 11.5. The summed E-state index contributed by atoms with van der Waals surface area (Å²) in [6, 6.07) is 5.59. The Morgan fingerprint density at radius 2 is 1.95 bits per heavy atom. The van der Waals surface area contributed by atoms with Crippen LogP contribution < -0.4 is 17.8 Å². The van der Waals surface area contributed by atoms with Crippen LogP contribution in [0.2, 0.25) is 0 Å². The fourth-order valence-electron chi connectivity index (χ4n) is 1.40. The van der Waals surface area contributed by atoms with Crippen molar-refractivity contribution in [2.24, 2.45) is 5.10 Å². The molecular formula is C12H18ClN3NaO4S. The van der Waals surface area contributed by atoms with Gasteiger partial charge in [-0.2, -0.15) is 13.5 Å². The SMILES string of the molecule is C[N+](C)(C)CC(=O)NN=Cc1cccc(S(=O)(=O)O)c1.[Cl-].[Na]. The minimum atomic E-state index is -4.24. The van der Waals surface area contributed by atoms with E-state index >= 15 is 0 Å². The maximum Gasteiger partial charge on any atom is 0.295 e. The zero-order valence-corrected chi connectivity index (χ0v) is 16.5. The Kier molecular flexibility index (Phi) is 10.4. The number of quaternary nitrogens is 1. The van der Waals surface area contributed by atoms with Crippen LogP contribution in [0.4, 0.5) is 0 Å². The second-order valence-electron chi connectivity index (χ2n) is 5.29. The van der Waals surface area contributed by atoms with Gasteiger partial charge in [-0.15, -0.1) is 0 Å². The third-order valence-electron chi connectivity index (χ3n) is 2.18. The van der Waals surface area contributed by atoms with Crippen molar-refractivity contribution in [1.29, 1.82) is 0 Å². The van der Waals surface area contributed by atoms with Gasteiger partial charge < -0.3 is 16.9 Å². The van der Waals surface area contributed by atoms with Crippen LogP contribution in [0, 0.1) is 0 Å². The second-order valence-corrected chi connectivity index (χ2v) is 6.71. The summed E-state index contributed by atoms with van der Waals surface area (Å²) in [5.41, 5.74) is 2.80. The molecule has 0 aliphatic heterocycles. The number of nitrogens with one attached hydrogen (secondary N) is 1. The molecule has 119 valence electrons. The van der Waals surface area contributed by atoms with Gasteiger partial charge in [-0.05, 0) is 17.7 Å². The van der Waals surface area contributed by atoms with Gasteiger partial charge in [-0.25, -0.2) is 5.43 Å². The summed E-state index contributed by atoms with van der Waals surface area (Å²) >= 11 is 0. The zero-order chi connectivity index (χ0) is 15.4. The summed E-state index contributed by atoms with van der Waals surface area (Å²) < 4.78 is 31.3. The first kappa shape index (κ1) is 23.8. The molecule has 2 N–H and O–H groups in total. The molecule has 7 nitrogen and oxygen atoms in total. The molecule has 0 fully saturated rings. The van der Waals surface area contributed by atoms with E-state index < -0.39 is 10.1 Å². The van der Waals surface area contributed by atoms with Gasteiger partial charge in [0.25, 0.3) is 16.0 Å². The topological polar surface area (TPSA) is 95.8 Å². The molecule has 1 amide bonds. The van der Waals surface area contributed by atoms with Crippen molar-refractivity contribution < 1.29 is 34.7 Å². The van der Waals surface area contributed by atoms with Gasteiger partial charge in [-0.1, -0.05) is 12.1 Å². The fraction of sp³-hybridized carbons (Fsp3) is 0.333. The van der Waals surface area contributed by atoms with E-state index in [4.69, 9.17) is 4.55 Å². The summed E-state index contributed by atoms with van der Waals surface area (Å²) in [6.07, 6.45) is 1.31. The van der Waals surface area contributed by atoms with E-state index in [0.717, 1.165) is 0 Å². The molecule has 0 spiro atoms. The predicted octanol–water partition coefficient (Wildman–Crippen LogP) is -3.29. The molecule has 1 aromatic rings. The standard InChI is InChI=1S/C12H17N3O4S.ClH.Na/c1-15(2,3)9-12(16)14-13-8-10-5-4-6-11(7-10)20(17,18)19;;/h4-8H,9H2,1-3H3,(H-,14,16,17,18,19);1H;. The van der Waals surface area contributed by atoms with Gasteiger partial charge >= 0.3 is 0 Å². The number of amides is 1. The monoisotopic (exact) mass is 358 g/mol. The van der Waals surface area contributed by atoms with Crippen molar-refractivity contribution in [2.75, 3.05) is 27.7 Å². The molecule has 1 rings (SSSR count). The summed E-state index contributed by atoms with van der Waals surface area (Å²) in [5.74, 6) is -0.250. The Hall–Kier alpha value is -0.480. The zero-order valence-electron chi connectivity index (χ0n) is 12.9. The third-order valence-corrected chi connectivity index (χ3v) is 3.03. The third kappa shape index (κ3) is 9.52. The van der Waals surface area contributed by atoms with Crippen molar-refractivity contribution in [1.82, 2.24) is 5.43 Å². The average Bonchev–Trinajstić information content (AvgIpc) is 2.25. The van der Waals surface area contributed by atoms with Crippen LogP contribution in [0.1, 0.15) is 5.56 Å². The van der Waals surface area contributed by atoms with E-state index in [-0.39, 0.29) is 59.3 Å². The molecule has 0 aliphatic carbocycles. The van der Waals surface area contributed by atoms with Gasteiger partial charge in [0.05, 0.1) is 32.3 Å². The summed E-state index contributed by atoms with van der Waals surface area (Å²) in [7, 11) is 1.38. The van der Waals surface area contributed by atoms with Crippen LogP contribution in [0.5, 0.6) is 0 Å². The maximum absolute atomic E-state index is 11.5. The summed E-state index contributed by atoms with van der Waals surface area (Å²) in [4.78, 5) is 11.3. The number of likely N-dealkylation sites (N-methyl/N-ethyl adjacent to an activating group) is 1. The molecule has 0 bridgehead atoms. The van der Waals surface area contributed by atoms with Gasteiger partial charge in [0.1, 0.15) is 0 Å². The molecule has 0 saturated heterocycles. The van der Waals surface area contributed by atoms with Gasteiger partial charge in [0.2, 0.25) is 0 Å². The van der Waals surface area contributed by atoms with Gasteiger partial charge in [0, 0.05) is 29.6 Å². The number of nitrogens with zero attached hydrogens (tertiary/aromatic N) is 2. The Balaban J connectivity index is 0. The Labute approximate surface area is 158 Å². The molecule has 0 unspecified atom stereocenters. The Morgan fingerprint density at radius 1 is 1.36 bits per heavy atom. The molecule has 22 heavy (non-hydrogen) atoms. The number of carbonyl (C=O) groups excluding carboxylic acids is 1. The van der Waals surface area contributed by atoms with Crippen LogP contribution in [-0.4, -0.2) is 86.8 Å². The van der Waals surface area contributed by atoms with E-state index in [1.165, 1.54) is 24.4 Å². The van der Waals surface area contributed by atoms with Crippen LogP contribution in [-0.2, 0) is 14.9 Å². The number of hydrogen-bond donors (Lipinski definition) is 2. The van der Waals surface area contributed by atoms with E-state index in [1.54, 1.807) is 6.07 Å². The molecule has 0 atom stereocenters. The smallest absolute Gasteiger partial charge is 0.295 e. The van der Waals surface area contributed by atoms with E-state index in [2.05, 4.69) is 10.5 Å². The number of benzene rings is 1. The largest absolute Gasteiger partial charge is 1.00 e. The molecule has 10 heteroatoms. The van der Waals surface area contributed by atoms with Crippen molar-refractivity contribution >= 4 is 51.8 Å². The predicted molar refractivity (Wildman–Crippen MR) is 80.6 cm³/mol. The first-order valence-corrected chi connectivity index (χ1v) is 7.22. The molecule has 0 aromatic heterocycles. The van der Waals surface area contributed by atoms with Crippen molar-refractivity contribution in [3.8, 4) is 0 Å². The van der Waals surface area contributed by atoms with Gasteiger partial charge in [-0.3, -0.25) is 9.35 Å². The average molecular weight is 359 g/mol. The number of carbonyl (C=O) groups is 1. The van der Waals surface area contributed by atoms with E-state index in [0.29, 0.717) is 10.0 Å². The van der Waals surface area contributed by atoms with Crippen LogP contribution >= 0.6 is 0 Å². The van der Waals surface area contributed by atoms with Crippen molar-refractivity contribution in [3.05, 3.63) is 29.8 Å². The maximum atomic E-state index is 11.5. The minimum Gasteiger partial charge on any atom is -1.00 e. The Bertz CT molecular complexity index is 630. The second kappa shape index (κ2) is 9.61. The van der Waals surface area contributed by atoms with E-state index in [9.17, 15) is 13.2 Å². The van der Waals surface area contributed by atoms with Crippen molar-refractivity contribution in [2.45, 2.75) is 4.90 Å². The minimum absolute atomic E-state index is 0. The van der Waals surface area contributed by atoms with Crippen LogP contribution in [0.15, 0.2) is 34.3 Å². The quantitative estimate of drug-likeness (QED) is 0.190. The number of hydrazone groups is 1. The van der Waals surface area contributed by atoms with Crippen LogP contribution in [0.25, 0.3) is 0 Å². The molecule has 0 aliphatic rings. The molecule has 0 saturated carbocycles. The number of hydrogen-bond acceptors (Lipinski definition) is 4. The molecule has 1 aromatic carbocycles.